The van der Waals surface area contributed by atoms with E-state index >= 15 is 0 Å². The molecule has 6 heteroatoms. The van der Waals surface area contributed by atoms with Crippen LogP contribution in [0.4, 0.5) is 5.82 Å². The van der Waals surface area contributed by atoms with Gasteiger partial charge < -0.3 is 14.5 Å². The Morgan fingerprint density at radius 1 is 1.19 bits per heavy atom. The zero-order chi connectivity index (χ0) is 18.6. The van der Waals surface area contributed by atoms with E-state index < -0.39 is 0 Å². The lowest BCUT2D eigenvalue weighted by Gasteiger charge is -2.23. The van der Waals surface area contributed by atoms with Crippen LogP contribution in [0, 0.1) is 0 Å². The first kappa shape index (κ1) is 17.8. The molecule has 0 aromatic carbocycles. The van der Waals surface area contributed by atoms with Crippen LogP contribution in [0.3, 0.4) is 0 Å². The third kappa shape index (κ3) is 3.89. The highest BCUT2D eigenvalue weighted by molar-refractivity contribution is 5.83. The monoisotopic (exact) mass is 366 g/mol. The molecule has 0 saturated carbocycles. The number of pyridine rings is 2. The lowest BCUT2D eigenvalue weighted by atomic mass is 10.0. The highest BCUT2D eigenvalue weighted by Gasteiger charge is 2.31. The maximum absolute atomic E-state index is 12.8. The molecular formula is C21H26N4O2. The fraction of sp³-hybridized carbons (Fsp3) is 0.476. The van der Waals surface area contributed by atoms with Crippen molar-refractivity contribution in [3.63, 3.8) is 0 Å². The van der Waals surface area contributed by atoms with Gasteiger partial charge in [-0.3, -0.25) is 9.78 Å². The number of hydrogen-bond donors (Lipinski definition) is 0. The summed E-state index contributed by atoms with van der Waals surface area (Å²) in [5, 5.41) is 0. The van der Waals surface area contributed by atoms with Gasteiger partial charge in [-0.05, 0) is 43.5 Å². The predicted molar refractivity (Wildman–Crippen MR) is 104 cm³/mol. The molecule has 6 nitrogen and oxygen atoms in total. The minimum Gasteiger partial charge on any atom is -0.485 e. The van der Waals surface area contributed by atoms with Crippen molar-refractivity contribution in [2.75, 3.05) is 31.1 Å². The Bertz CT molecular complexity index is 777. The number of amides is 1. The summed E-state index contributed by atoms with van der Waals surface area (Å²) in [7, 11) is 0. The minimum atomic E-state index is -0.184. The number of anilines is 1. The predicted octanol–water partition coefficient (Wildman–Crippen LogP) is 2.86. The molecule has 142 valence electrons. The molecule has 2 aromatic rings. The van der Waals surface area contributed by atoms with Crippen LogP contribution in [0.2, 0.25) is 0 Å². The first-order valence-electron chi connectivity index (χ1n) is 9.77. The molecule has 0 bridgehead atoms. The van der Waals surface area contributed by atoms with E-state index in [1.165, 1.54) is 12.8 Å². The summed E-state index contributed by atoms with van der Waals surface area (Å²) in [6.45, 7) is 5.36. The second-order valence-corrected chi connectivity index (χ2v) is 7.34. The first-order valence-corrected chi connectivity index (χ1v) is 9.77. The molecule has 0 radical (unpaired) electrons. The van der Waals surface area contributed by atoms with Crippen molar-refractivity contribution in [1.29, 1.82) is 0 Å². The van der Waals surface area contributed by atoms with Gasteiger partial charge in [0.05, 0.1) is 12.5 Å². The first-order chi connectivity index (χ1) is 13.2. The fourth-order valence-electron chi connectivity index (χ4n) is 3.89. The van der Waals surface area contributed by atoms with Crippen LogP contribution in [0.25, 0.3) is 0 Å². The topological polar surface area (TPSA) is 58.6 Å². The van der Waals surface area contributed by atoms with E-state index in [1.54, 1.807) is 12.4 Å². The molecule has 1 amide bonds. The van der Waals surface area contributed by atoms with Gasteiger partial charge in [0.15, 0.2) is 11.6 Å². The molecule has 2 fully saturated rings. The van der Waals surface area contributed by atoms with Crippen molar-refractivity contribution in [2.24, 2.45) is 0 Å². The van der Waals surface area contributed by atoms with Gasteiger partial charge in [-0.1, -0.05) is 6.07 Å². The summed E-state index contributed by atoms with van der Waals surface area (Å²) in [5.74, 6) is 1.72. The Hall–Kier alpha value is -2.63. The van der Waals surface area contributed by atoms with Crippen molar-refractivity contribution < 1.29 is 9.53 Å². The summed E-state index contributed by atoms with van der Waals surface area (Å²) in [4.78, 5) is 25.7. The Morgan fingerprint density at radius 2 is 2.00 bits per heavy atom. The SMILES string of the molecule is C[C@@H](C(=O)N1CC[C@@H](Oc2cccnc2N2CCCC2)C1)c1cccnc1. The molecular weight excluding hydrogens is 340 g/mol. The van der Waals surface area contributed by atoms with Crippen LogP contribution in [0.15, 0.2) is 42.9 Å². The number of carbonyl (C=O) groups excluding carboxylic acids is 1. The number of aromatic nitrogens is 2. The highest BCUT2D eigenvalue weighted by atomic mass is 16.5. The number of ether oxygens (including phenoxy) is 1. The molecule has 0 N–H and O–H groups in total. The fourth-order valence-corrected chi connectivity index (χ4v) is 3.89. The van der Waals surface area contributed by atoms with Crippen LogP contribution in [-0.4, -0.2) is 53.1 Å². The van der Waals surface area contributed by atoms with Gasteiger partial charge in [-0.25, -0.2) is 4.98 Å². The summed E-state index contributed by atoms with van der Waals surface area (Å²) in [6, 6.07) is 7.73. The van der Waals surface area contributed by atoms with Crippen LogP contribution in [0.1, 0.15) is 37.7 Å². The van der Waals surface area contributed by atoms with Gasteiger partial charge >= 0.3 is 0 Å². The quantitative estimate of drug-likeness (QED) is 0.814. The molecule has 0 aliphatic carbocycles. The van der Waals surface area contributed by atoms with Crippen LogP contribution in [0.5, 0.6) is 5.75 Å². The molecule has 27 heavy (non-hydrogen) atoms. The smallest absolute Gasteiger partial charge is 0.230 e. The van der Waals surface area contributed by atoms with Gasteiger partial charge in [0.2, 0.25) is 5.91 Å². The van der Waals surface area contributed by atoms with E-state index in [9.17, 15) is 4.79 Å². The second kappa shape index (κ2) is 7.94. The van der Waals surface area contributed by atoms with Crippen LogP contribution >= 0.6 is 0 Å². The van der Waals surface area contributed by atoms with Crippen LogP contribution in [-0.2, 0) is 4.79 Å². The number of carbonyl (C=O) groups is 1. The van der Waals surface area contributed by atoms with Crippen molar-refractivity contribution in [3.05, 3.63) is 48.4 Å². The third-order valence-electron chi connectivity index (χ3n) is 5.46. The molecule has 4 heterocycles. The molecule has 0 spiro atoms. The number of likely N-dealkylation sites (tertiary alicyclic amines) is 1. The Morgan fingerprint density at radius 3 is 2.78 bits per heavy atom. The van der Waals surface area contributed by atoms with Crippen LogP contribution < -0.4 is 9.64 Å². The van der Waals surface area contributed by atoms with E-state index in [0.29, 0.717) is 6.54 Å². The largest absolute Gasteiger partial charge is 0.485 e. The van der Waals surface area contributed by atoms with Crippen molar-refractivity contribution in [3.8, 4) is 5.75 Å². The van der Waals surface area contributed by atoms with E-state index in [2.05, 4.69) is 14.9 Å². The van der Waals surface area contributed by atoms with Crippen molar-refractivity contribution in [2.45, 2.75) is 38.2 Å². The van der Waals surface area contributed by atoms with Gasteiger partial charge in [0, 0.05) is 44.6 Å². The number of nitrogens with zero attached hydrogens (tertiary/aromatic N) is 4. The average Bonchev–Trinajstić information content (AvgIpc) is 3.40. The Labute approximate surface area is 160 Å². The summed E-state index contributed by atoms with van der Waals surface area (Å²) in [6.07, 6.45) is 8.58. The number of rotatable bonds is 5. The standard InChI is InChI=1S/C21H26N4O2/c1-16(17-6-4-9-22-14-17)21(26)25-13-8-18(15-25)27-19-7-5-10-23-20(19)24-11-2-3-12-24/h4-7,9-10,14,16,18H,2-3,8,11-13,15H2,1H3/t16-,18-/m1/s1. The highest BCUT2D eigenvalue weighted by Crippen LogP contribution is 2.31. The summed E-state index contributed by atoms with van der Waals surface area (Å²) >= 11 is 0. The summed E-state index contributed by atoms with van der Waals surface area (Å²) < 4.78 is 6.27. The maximum atomic E-state index is 12.8. The molecule has 2 aliphatic rings. The molecule has 2 aliphatic heterocycles. The summed E-state index contributed by atoms with van der Waals surface area (Å²) in [5.41, 5.74) is 0.954. The lowest BCUT2D eigenvalue weighted by Crippen LogP contribution is -2.34. The van der Waals surface area contributed by atoms with E-state index in [0.717, 1.165) is 43.2 Å². The molecule has 2 saturated heterocycles. The molecule has 2 atom stereocenters. The Balaban J connectivity index is 1.40. The lowest BCUT2D eigenvalue weighted by molar-refractivity contribution is -0.131. The maximum Gasteiger partial charge on any atom is 0.230 e. The Kier molecular flexibility index (Phi) is 5.23. The molecule has 4 rings (SSSR count). The van der Waals surface area contributed by atoms with E-state index in [1.807, 2.05) is 42.3 Å². The second-order valence-electron chi connectivity index (χ2n) is 7.34. The van der Waals surface area contributed by atoms with E-state index in [-0.39, 0.29) is 17.9 Å². The third-order valence-corrected chi connectivity index (χ3v) is 5.46. The van der Waals surface area contributed by atoms with E-state index in [4.69, 9.17) is 4.74 Å². The zero-order valence-corrected chi connectivity index (χ0v) is 15.8. The van der Waals surface area contributed by atoms with Crippen molar-refractivity contribution >= 4 is 11.7 Å². The van der Waals surface area contributed by atoms with Gasteiger partial charge in [0.25, 0.3) is 0 Å². The average molecular weight is 366 g/mol. The van der Waals surface area contributed by atoms with Crippen molar-refractivity contribution in [1.82, 2.24) is 14.9 Å². The zero-order valence-electron chi connectivity index (χ0n) is 15.8. The minimum absolute atomic E-state index is 0.0144. The van der Waals surface area contributed by atoms with Gasteiger partial charge in [-0.2, -0.15) is 0 Å². The normalized spacial score (nSPS) is 20.7. The molecule has 0 unspecified atom stereocenters. The molecule has 2 aromatic heterocycles. The van der Waals surface area contributed by atoms with Gasteiger partial charge in [0.1, 0.15) is 6.10 Å². The van der Waals surface area contributed by atoms with Gasteiger partial charge in [-0.15, -0.1) is 0 Å². The number of hydrogen-bond acceptors (Lipinski definition) is 5.